The van der Waals surface area contributed by atoms with Crippen LogP contribution in [0.3, 0.4) is 0 Å². The molecule has 0 unspecified atom stereocenters. The monoisotopic (exact) mass is 520 g/mol. The zero-order chi connectivity index (χ0) is 25.3. The lowest BCUT2D eigenvalue weighted by Crippen LogP contribution is -2.58. The highest BCUT2D eigenvalue weighted by atomic mass is 35.5. The molecule has 2 aromatic heterocycles. The Morgan fingerprint density at radius 2 is 1.89 bits per heavy atom. The number of piperazine rings is 1. The van der Waals surface area contributed by atoms with E-state index in [2.05, 4.69) is 9.71 Å². The third kappa shape index (κ3) is 5.01. The highest BCUT2D eigenvalue weighted by molar-refractivity contribution is 7.92. The van der Waals surface area contributed by atoms with E-state index in [0.717, 1.165) is 5.56 Å². The van der Waals surface area contributed by atoms with Crippen LogP contribution in [0, 0.1) is 0 Å². The van der Waals surface area contributed by atoms with Crippen LogP contribution in [-0.2, 0) is 10.0 Å². The van der Waals surface area contributed by atoms with Crippen molar-refractivity contribution in [3.8, 4) is 16.9 Å². The number of nitrogens with zero attached hydrogens (tertiary/aromatic N) is 3. The molecule has 3 aromatic rings. The van der Waals surface area contributed by atoms with Crippen LogP contribution in [0.1, 0.15) is 13.8 Å². The SMILES string of the molecule is COc1ccc(N2C[C@@H](C)N(C(=O)O)[C@@H](C)C2)nc1NS(=O)(=O)c1ccc(-c2ccoc2)cc1Cl. The van der Waals surface area contributed by atoms with E-state index in [0.29, 0.717) is 24.5 Å². The van der Waals surface area contributed by atoms with Crippen LogP contribution in [0.25, 0.3) is 11.1 Å². The lowest BCUT2D eigenvalue weighted by molar-refractivity contribution is 0.0981. The molecule has 1 aliphatic heterocycles. The molecule has 0 saturated carbocycles. The van der Waals surface area contributed by atoms with Crippen molar-refractivity contribution >= 4 is 39.4 Å². The molecule has 10 nitrogen and oxygen atoms in total. The van der Waals surface area contributed by atoms with Crippen molar-refractivity contribution < 1.29 is 27.5 Å². The van der Waals surface area contributed by atoms with E-state index in [-0.39, 0.29) is 33.6 Å². The van der Waals surface area contributed by atoms with Crippen LogP contribution in [0.5, 0.6) is 5.75 Å². The number of carboxylic acid groups (broad SMARTS) is 1. The fourth-order valence-electron chi connectivity index (χ4n) is 4.25. The summed E-state index contributed by atoms with van der Waals surface area (Å²) in [5, 5.41) is 9.50. The van der Waals surface area contributed by atoms with Crippen LogP contribution in [0.4, 0.5) is 16.4 Å². The molecule has 12 heteroatoms. The van der Waals surface area contributed by atoms with Gasteiger partial charge in [-0.05, 0) is 49.7 Å². The highest BCUT2D eigenvalue weighted by Gasteiger charge is 2.33. The lowest BCUT2D eigenvalue weighted by Gasteiger charge is -2.43. The molecule has 35 heavy (non-hydrogen) atoms. The smallest absolute Gasteiger partial charge is 0.407 e. The Morgan fingerprint density at radius 3 is 2.46 bits per heavy atom. The lowest BCUT2D eigenvalue weighted by atomic mass is 10.1. The quantitative estimate of drug-likeness (QED) is 0.490. The van der Waals surface area contributed by atoms with Crippen LogP contribution in [0.15, 0.2) is 58.2 Å². The molecule has 4 rings (SSSR count). The molecule has 2 N–H and O–H groups in total. The van der Waals surface area contributed by atoms with Gasteiger partial charge in [0.05, 0.1) is 36.7 Å². The number of methoxy groups -OCH3 is 1. The van der Waals surface area contributed by atoms with E-state index in [1.807, 2.05) is 18.7 Å². The molecule has 1 fully saturated rings. The van der Waals surface area contributed by atoms with E-state index < -0.39 is 16.1 Å². The maximum absolute atomic E-state index is 13.2. The summed E-state index contributed by atoms with van der Waals surface area (Å²) < 4.78 is 39.3. The van der Waals surface area contributed by atoms with Gasteiger partial charge < -0.3 is 19.2 Å². The van der Waals surface area contributed by atoms with Crippen molar-refractivity contribution in [2.24, 2.45) is 0 Å². The number of hydrogen-bond donors (Lipinski definition) is 2. The number of amides is 1. The second-order valence-corrected chi connectivity index (χ2v) is 10.3. The van der Waals surface area contributed by atoms with E-state index in [1.165, 1.54) is 30.6 Å². The number of furan rings is 1. The molecule has 1 saturated heterocycles. The van der Waals surface area contributed by atoms with Gasteiger partial charge in [-0.15, -0.1) is 0 Å². The Hall–Kier alpha value is -3.44. The third-order valence-electron chi connectivity index (χ3n) is 5.83. The maximum Gasteiger partial charge on any atom is 0.407 e. The fraction of sp³-hybridized carbons (Fsp3) is 0.304. The van der Waals surface area contributed by atoms with Crippen molar-refractivity contribution in [1.82, 2.24) is 9.88 Å². The Kier molecular flexibility index (Phi) is 6.82. The second-order valence-electron chi connectivity index (χ2n) is 8.28. The van der Waals surface area contributed by atoms with E-state index in [9.17, 15) is 18.3 Å². The van der Waals surface area contributed by atoms with Gasteiger partial charge in [0, 0.05) is 18.7 Å². The zero-order valence-corrected chi connectivity index (χ0v) is 20.9. The molecular weight excluding hydrogens is 496 g/mol. The van der Waals surface area contributed by atoms with Gasteiger partial charge in [0.25, 0.3) is 10.0 Å². The van der Waals surface area contributed by atoms with Gasteiger partial charge in [-0.3, -0.25) is 9.62 Å². The molecule has 1 amide bonds. The number of carbonyl (C=O) groups is 1. The zero-order valence-electron chi connectivity index (χ0n) is 19.3. The first-order chi connectivity index (χ1) is 16.6. The molecule has 0 radical (unpaired) electrons. The number of ether oxygens (including phenoxy) is 1. The summed E-state index contributed by atoms with van der Waals surface area (Å²) in [5.74, 6) is 0.725. The van der Waals surface area contributed by atoms with Gasteiger partial charge in [-0.25, -0.2) is 18.2 Å². The number of anilines is 2. The summed E-state index contributed by atoms with van der Waals surface area (Å²) in [6.07, 6.45) is 2.08. The summed E-state index contributed by atoms with van der Waals surface area (Å²) >= 11 is 6.33. The normalized spacial score (nSPS) is 18.4. The number of pyridine rings is 1. The first-order valence-corrected chi connectivity index (χ1v) is 12.6. The van der Waals surface area contributed by atoms with Gasteiger partial charge in [0.15, 0.2) is 11.6 Å². The van der Waals surface area contributed by atoms with E-state index in [4.69, 9.17) is 20.8 Å². The van der Waals surface area contributed by atoms with Gasteiger partial charge in [-0.1, -0.05) is 17.7 Å². The molecule has 0 aliphatic carbocycles. The van der Waals surface area contributed by atoms with Crippen LogP contribution >= 0.6 is 11.6 Å². The summed E-state index contributed by atoms with van der Waals surface area (Å²) in [6.45, 7) is 4.45. The summed E-state index contributed by atoms with van der Waals surface area (Å²) in [6, 6.07) is 9.13. The number of halogens is 1. The van der Waals surface area contributed by atoms with Gasteiger partial charge in [-0.2, -0.15) is 0 Å². The minimum atomic E-state index is -4.10. The van der Waals surface area contributed by atoms with Crippen LogP contribution < -0.4 is 14.4 Å². The molecule has 0 spiro atoms. The highest BCUT2D eigenvalue weighted by Crippen LogP contribution is 2.33. The van der Waals surface area contributed by atoms with Crippen molar-refractivity contribution in [1.29, 1.82) is 0 Å². The molecule has 186 valence electrons. The minimum Gasteiger partial charge on any atom is -0.493 e. The fourth-order valence-corrected chi connectivity index (χ4v) is 5.81. The van der Waals surface area contributed by atoms with Gasteiger partial charge in [0.2, 0.25) is 0 Å². The summed E-state index contributed by atoms with van der Waals surface area (Å²) in [5.41, 5.74) is 1.48. The molecule has 3 heterocycles. The average molecular weight is 521 g/mol. The number of sulfonamides is 1. The topological polar surface area (TPSA) is 125 Å². The third-order valence-corrected chi connectivity index (χ3v) is 7.66. The number of rotatable bonds is 6. The minimum absolute atomic E-state index is 0.000878. The first kappa shape index (κ1) is 24.7. The molecule has 2 atom stereocenters. The van der Waals surface area contributed by atoms with Gasteiger partial charge >= 0.3 is 6.09 Å². The van der Waals surface area contributed by atoms with Crippen molar-refractivity contribution in [3.05, 3.63) is 53.9 Å². The molecule has 1 aliphatic rings. The van der Waals surface area contributed by atoms with Crippen LogP contribution in [0.2, 0.25) is 5.02 Å². The molecule has 0 bridgehead atoms. The standard InChI is InChI=1S/C23H25ClN4O6S/c1-14-11-27(12-15(2)28(14)23(29)30)21-7-5-19(33-3)22(25-21)26-35(31,32)20-6-4-16(10-18(20)24)17-8-9-34-13-17/h4-10,13-15H,11-12H2,1-3H3,(H,25,26)(H,29,30)/t14-,15+. The first-order valence-electron chi connectivity index (χ1n) is 10.8. The number of aromatic nitrogens is 1. The largest absolute Gasteiger partial charge is 0.493 e. The average Bonchev–Trinajstić information content (AvgIpc) is 3.33. The Balaban J connectivity index is 1.62. The van der Waals surface area contributed by atoms with Crippen molar-refractivity contribution in [2.75, 3.05) is 29.8 Å². The second kappa shape index (κ2) is 9.67. The number of benzene rings is 1. The van der Waals surface area contributed by atoms with Crippen molar-refractivity contribution in [3.63, 3.8) is 0 Å². The van der Waals surface area contributed by atoms with Crippen molar-refractivity contribution in [2.45, 2.75) is 30.8 Å². The summed E-state index contributed by atoms with van der Waals surface area (Å²) in [7, 11) is -2.69. The Bertz CT molecular complexity index is 1320. The predicted molar refractivity (Wildman–Crippen MR) is 132 cm³/mol. The van der Waals surface area contributed by atoms with Gasteiger partial charge in [0.1, 0.15) is 10.7 Å². The van der Waals surface area contributed by atoms with Crippen LogP contribution in [-0.4, -0.2) is 61.8 Å². The predicted octanol–water partition coefficient (Wildman–Crippen LogP) is 4.38. The maximum atomic E-state index is 13.2. The number of hydrogen-bond acceptors (Lipinski definition) is 7. The number of nitrogens with one attached hydrogen (secondary N) is 1. The Labute approximate surface area is 208 Å². The van der Waals surface area contributed by atoms with E-state index in [1.54, 1.807) is 30.3 Å². The van der Waals surface area contributed by atoms with E-state index >= 15 is 0 Å². The molecule has 1 aromatic carbocycles. The Morgan fingerprint density at radius 1 is 1.17 bits per heavy atom. The summed E-state index contributed by atoms with van der Waals surface area (Å²) in [4.78, 5) is 19.2. The molecular formula is C23H25ClN4O6S.